The highest BCUT2D eigenvalue weighted by Gasteiger charge is 2.42. The van der Waals surface area contributed by atoms with Gasteiger partial charge in [0, 0.05) is 31.6 Å². The molecule has 5 rings (SSSR count). The molecule has 0 atom stereocenters. The van der Waals surface area contributed by atoms with E-state index in [0.29, 0.717) is 43.2 Å². The topological polar surface area (TPSA) is 96.5 Å². The Hall–Kier alpha value is -3.11. The molecule has 0 bridgehead atoms. The van der Waals surface area contributed by atoms with Crippen LogP contribution in [0.15, 0.2) is 53.4 Å². The van der Waals surface area contributed by atoms with Crippen molar-refractivity contribution in [1.82, 2.24) is 9.21 Å². The molecule has 33 heavy (non-hydrogen) atoms. The van der Waals surface area contributed by atoms with Crippen LogP contribution in [0, 0.1) is 0 Å². The summed E-state index contributed by atoms with van der Waals surface area (Å²) in [5, 5.41) is 0. The van der Waals surface area contributed by atoms with E-state index in [1.54, 1.807) is 35.2 Å². The van der Waals surface area contributed by atoms with E-state index < -0.39 is 10.0 Å². The quantitative estimate of drug-likeness (QED) is 0.636. The van der Waals surface area contributed by atoms with Gasteiger partial charge in [0.15, 0.2) is 11.5 Å². The van der Waals surface area contributed by atoms with Gasteiger partial charge >= 0.3 is 6.03 Å². The first kappa shape index (κ1) is 21.7. The van der Waals surface area contributed by atoms with E-state index in [9.17, 15) is 18.0 Å². The van der Waals surface area contributed by atoms with Crippen molar-refractivity contribution in [3.63, 3.8) is 0 Å². The number of amides is 3. The highest BCUT2D eigenvalue weighted by atomic mass is 32.2. The second-order valence-corrected chi connectivity index (χ2v) is 10.2. The third kappa shape index (κ3) is 4.04. The van der Waals surface area contributed by atoms with Crippen LogP contribution in [0.5, 0.6) is 11.5 Å². The van der Waals surface area contributed by atoms with Crippen molar-refractivity contribution < 1.29 is 27.5 Å². The number of para-hydroxylation sites is 1. The predicted molar refractivity (Wildman–Crippen MR) is 120 cm³/mol. The molecule has 0 unspecified atom stereocenters. The first-order valence-electron chi connectivity index (χ1n) is 11.0. The van der Waals surface area contributed by atoms with Crippen molar-refractivity contribution in [2.24, 2.45) is 0 Å². The number of urea groups is 1. The van der Waals surface area contributed by atoms with Crippen LogP contribution in [0.3, 0.4) is 0 Å². The fourth-order valence-electron chi connectivity index (χ4n) is 4.48. The molecule has 0 aliphatic carbocycles. The van der Waals surface area contributed by atoms with Gasteiger partial charge in [-0.05, 0) is 37.1 Å². The maximum absolute atomic E-state index is 13.2. The van der Waals surface area contributed by atoms with Crippen LogP contribution >= 0.6 is 0 Å². The molecule has 2 fully saturated rings. The van der Waals surface area contributed by atoms with Gasteiger partial charge < -0.3 is 14.4 Å². The molecule has 9 nitrogen and oxygen atoms in total. The number of carbonyl (C=O) groups excluding carboxylic acids is 2. The average molecular weight is 472 g/mol. The summed E-state index contributed by atoms with van der Waals surface area (Å²) < 4.78 is 39.1. The van der Waals surface area contributed by atoms with E-state index in [4.69, 9.17) is 9.47 Å². The molecule has 2 saturated heterocycles. The summed E-state index contributed by atoms with van der Waals surface area (Å²) in [6.45, 7) is 1.55. The molecular weight excluding hydrogens is 446 g/mol. The van der Waals surface area contributed by atoms with Crippen LogP contribution in [0.2, 0.25) is 0 Å². The number of sulfonamides is 1. The number of hydrogen-bond acceptors (Lipinski definition) is 6. The molecular formula is C23H25N3O6S. The predicted octanol–water partition coefficient (Wildman–Crippen LogP) is 2.47. The number of anilines is 1. The first-order valence-corrected chi connectivity index (χ1v) is 12.5. The van der Waals surface area contributed by atoms with Crippen LogP contribution in [-0.2, 0) is 14.8 Å². The van der Waals surface area contributed by atoms with E-state index >= 15 is 0 Å². The average Bonchev–Trinajstić information content (AvgIpc) is 2.99. The number of nitrogens with zero attached hydrogens (tertiary/aromatic N) is 3. The van der Waals surface area contributed by atoms with Gasteiger partial charge in [0.05, 0.1) is 23.8 Å². The SMILES string of the molecule is O=C1CN(C2CCN(S(=O)(=O)c3ccc4c(c3)OCCCO4)CC2)C(=O)N1c1ccccc1. The van der Waals surface area contributed by atoms with Crippen molar-refractivity contribution >= 4 is 27.6 Å². The van der Waals surface area contributed by atoms with Gasteiger partial charge in [-0.2, -0.15) is 4.31 Å². The smallest absolute Gasteiger partial charge is 0.332 e. The number of rotatable bonds is 4. The van der Waals surface area contributed by atoms with Crippen molar-refractivity contribution in [2.45, 2.75) is 30.2 Å². The Bertz CT molecular complexity index is 1160. The van der Waals surface area contributed by atoms with E-state index in [1.807, 2.05) is 6.07 Å². The third-order valence-corrected chi connectivity index (χ3v) is 8.12. The number of benzene rings is 2. The largest absolute Gasteiger partial charge is 0.490 e. The molecule has 0 saturated carbocycles. The number of imide groups is 1. The maximum atomic E-state index is 13.2. The summed E-state index contributed by atoms with van der Waals surface area (Å²) in [5.41, 5.74) is 0.546. The molecule has 3 heterocycles. The third-order valence-electron chi connectivity index (χ3n) is 6.23. The normalized spacial score (nSPS) is 20.2. The Morgan fingerprint density at radius 3 is 2.30 bits per heavy atom. The van der Waals surface area contributed by atoms with Crippen molar-refractivity contribution in [2.75, 3.05) is 37.7 Å². The van der Waals surface area contributed by atoms with Crippen molar-refractivity contribution in [3.8, 4) is 11.5 Å². The van der Waals surface area contributed by atoms with Gasteiger partial charge in [0.2, 0.25) is 10.0 Å². The molecule has 3 aliphatic heterocycles. The molecule has 3 aliphatic rings. The zero-order chi connectivity index (χ0) is 23.0. The summed E-state index contributed by atoms with van der Waals surface area (Å²) >= 11 is 0. The second-order valence-electron chi connectivity index (χ2n) is 8.27. The lowest BCUT2D eigenvalue weighted by atomic mass is 10.1. The minimum absolute atomic E-state index is 0.00725. The lowest BCUT2D eigenvalue weighted by molar-refractivity contribution is -0.116. The number of ether oxygens (including phenoxy) is 2. The van der Waals surface area contributed by atoms with Crippen LogP contribution in [-0.4, -0.2) is 68.5 Å². The molecule has 10 heteroatoms. The molecule has 0 aromatic heterocycles. The zero-order valence-electron chi connectivity index (χ0n) is 18.1. The lowest BCUT2D eigenvalue weighted by Gasteiger charge is -2.35. The van der Waals surface area contributed by atoms with E-state index in [0.717, 1.165) is 6.42 Å². The highest BCUT2D eigenvalue weighted by molar-refractivity contribution is 7.89. The Morgan fingerprint density at radius 2 is 1.58 bits per heavy atom. The molecule has 2 aromatic rings. The summed E-state index contributed by atoms with van der Waals surface area (Å²) in [6, 6.07) is 13.0. The van der Waals surface area contributed by atoms with Crippen LogP contribution in [0.4, 0.5) is 10.5 Å². The summed E-state index contributed by atoms with van der Waals surface area (Å²) in [4.78, 5) is 28.4. The standard InChI is InChI=1S/C23H25N3O6S/c27-22-16-25(23(28)26(22)18-5-2-1-3-6-18)17-9-11-24(12-10-17)33(29,30)19-7-8-20-21(15-19)32-14-4-13-31-20/h1-3,5-8,15,17H,4,9-14,16H2. The molecule has 0 spiro atoms. The fraction of sp³-hybridized carbons (Fsp3) is 0.391. The van der Waals surface area contributed by atoms with Crippen LogP contribution in [0.25, 0.3) is 0 Å². The summed E-state index contributed by atoms with van der Waals surface area (Å²) in [6.07, 6.45) is 1.67. The highest BCUT2D eigenvalue weighted by Crippen LogP contribution is 2.34. The lowest BCUT2D eigenvalue weighted by Crippen LogP contribution is -2.48. The number of piperidine rings is 1. The van der Waals surface area contributed by atoms with Gasteiger partial charge in [0.1, 0.15) is 6.54 Å². The molecule has 174 valence electrons. The Balaban J connectivity index is 1.27. The Morgan fingerprint density at radius 1 is 0.879 bits per heavy atom. The molecule has 0 radical (unpaired) electrons. The van der Waals surface area contributed by atoms with E-state index in [2.05, 4.69) is 0 Å². The fourth-order valence-corrected chi connectivity index (χ4v) is 5.97. The minimum Gasteiger partial charge on any atom is -0.490 e. The van der Waals surface area contributed by atoms with Crippen molar-refractivity contribution in [1.29, 1.82) is 0 Å². The number of carbonyl (C=O) groups is 2. The van der Waals surface area contributed by atoms with Gasteiger partial charge in [-0.25, -0.2) is 18.1 Å². The molecule has 0 N–H and O–H groups in total. The second kappa shape index (κ2) is 8.68. The summed E-state index contributed by atoms with van der Waals surface area (Å²) in [7, 11) is -3.72. The van der Waals surface area contributed by atoms with Gasteiger partial charge in [0.25, 0.3) is 5.91 Å². The minimum atomic E-state index is -3.72. The van der Waals surface area contributed by atoms with E-state index in [1.165, 1.54) is 21.3 Å². The Kier molecular flexibility index (Phi) is 5.71. The van der Waals surface area contributed by atoms with Crippen LogP contribution < -0.4 is 14.4 Å². The number of hydrogen-bond donors (Lipinski definition) is 0. The number of fused-ring (bicyclic) bond motifs is 1. The molecule has 2 aromatic carbocycles. The van der Waals surface area contributed by atoms with Crippen molar-refractivity contribution in [3.05, 3.63) is 48.5 Å². The van der Waals surface area contributed by atoms with Gasteiger partial charge in [-0.15, -0.1) is 0 Å². The van der Waals surface area contributed by atoms with Gasteiger partial charge in [-0.3, -0.25) is 4.79 Å². The van der Waals surface area contributed by atoms with Gasteiger partial charge in [-0.1, -0.05) is 18.2 Å². The monoisotopic (exact) mass is 471 g/mol. The summed E-state index contributed by atoms with van der Waals surface area (Å²) in [5.74, 6) is 0.712. The maximum Gasteiger partial charge on any atom is 0.332 e. The van der Waals surface area contributed by atoms with E-state index in [-0.39, 0.29) is 42.5 Å². The molecule has 3 amide bonds. The Labute approximate surface area is 192 Å². The first-order chi connectivity index (χ1) is 15.9. The van der Waals surface area contributed by atoms with Crippen LogP contribution in [0.1, 0.15) is 19.3 Å². The zero-order valence-corrected chi connectivity index (χ0v) is 18.9.